The van der Waals surface area contributed by atoms with E-state index in [0.717, 1.165) is 37.8 Å². The van der Waals surface area contributed by atoms with Gasteiger partial charge in [-0.2, -0.15) is 0 Å². The van der Waals surface area contributed by atoms with Crippen molar-refractivity contribution >= 4 is 5.97 Å². The number of esters is 1. The molecule has 104 valence electrons. The summed E-state index contributed by atoms with van der Waals surface area (Å²) in [4.78, 5) is 16.1. The van der Waals surface area contributed by atoms with Gasteiger partial charge in [0.05, 0.1) is 12.5 Å². The highest BCUT2D eigenvalue weighted by molar-refractivity contribution is 5.77. The lowest BCUT2D eigenvalue weighted by molar-refractivity contribution is -0.154. The summed E-state index contributed by atoms with van der Waals surface area (Å²) in [6.07, 6.45) is 8.92. The number of carbonyl (C=O) groups excluding carboxylic acids is 1. The number of rotatable bonds is 5. The van der Waals surface area contributed by atoms with Crippen LogP contribution in [0.15, 0.2) is 24.5 Å². The molecule has 0 aromatic carbocycles. The molecule has 1 aliphatic carbocycles. The molecule has 0 radical (unpaired) electrons. The van der Waals surface area contributed by atoms with Crippen molar-refractivity contribution in [3.63, 3.8) is 0 Å². The number of methoxy groups -OCH3 is 1. The molecule has 0 aliphatic heterocycles. The predicted molar refractivity (Wildman–Crippen MR) is 73.5 cm³/mol. The summed E-state index contributed by atoms with van der Waals surface area (Å²) < 4.78 is 5.00. The zero-order chi connectivity index (χ0) is 13.6. The quantitative estimate of drug-likeness (QED) is 0.827. The summed E-state index contributed by atoms with van der Waals surface area (Å²) in [5.74, 6) is -0.0640. The minimum Gasteiger partial charge on any atom is -0.469 e. The average molecular weight is 262 g/mol. The van der Waals surface area contributed by atoms with Gasteiger partial charge >= 0.3 is 5.97 Å². The lowest BCUT2D eigenvalue weighted by Crippen LogP contribution is -2.43. The topological polar surface area (TPSA) is 51.2 Å². The molecule has 0 saturated heterocycles. The van der Waals surface area contributed by atoms with Crippen molar-refractivity contribution in [2.45, 2.75) is 38.6 Å². The highest BCUT2D eigenvalue weighted by Gasteiger charge is 2.40. The fraction of sp³-hybridized carbons (Fsp3) is 0.600. The Hall–Kier alpha value is -1.42. The summed E-state index contributed by atoms with van der Waals surface area (Å²) in [6.45, 7) is 1.43. The monoisotopic (exact) mass is 262 g/mol. The van der Waals surface area contributed by atoms with Gasteiger partial charge in [0.1, 0.15) is 0 Å². The first kappa shape index (κ1) is 14.0. The summed E-state index contributed by atoms with van der Waals surface area (Å²) >= 11 is 0. The molecular formula is C15H22N2O2. The molecule has 4 heteroatoms. The third kappa shape index (κ3) is 3.53. The predicted octanol–water partition coefficient (Wildman–Crippen LogP) is 2.29. The number of ether oxygens (including phenoxy) is 1. The molecule has 0 atom stereocenters. The van der Waals surface area contributed by atoms with Crippen LogP contribution in [0.5, 0.6) is 0 Å². The van der Waals surface area contributed by atoms with E-state index in [-0.39, 0.29) is 11.4 Å². The van der Waals surface area contributed by atoms with E-state index in [2.05, 4.69) is 10.3 Å². The van der Waals surface area contributed by atoms with Gasteiger partial charge < -0.3 is 10.1 Å². The number of hydrogen-bond donors (Lipinski definition) is 1. The second kappa shape index (κ2) is 6.66. The molecule has 4 nitrogen and oxygen atoms in total. The van der Waals surface area contributed by atoms with Gasteiger partial charge in [0, 0.05) is 25.5 Å². The summed E-state index contributed by atoms with van der Waals surface area (Å²) in [5, 5.41) is 3.39. The van der Waals surface area contributed by atoms with Crippen LogP contribution >= 0.6 is 0 Å². The maximum absolute atomic E-state index is 12.1. The lowest BCUT2D eigenvalue weighted by Gasteiger charge is -2.34. The molecule has 1 fully saturated rings. The van der Waals surface area contributed by atoms with Crippen LogP contribution in [0.1, 0.15) is 37.7 Å². The SMILES string of the molecule is COC(=O)C1(CNCc2cccnc2)CCCCC1. The third-order valence-corrected chi connectivity index (χ3v) is 3.94. The maximum Gasteiger partial charge on any atom is 0.313 e. The highest BCUT2D eigenvalue weighted by Crippen LogP contribution is 2.36. The number of nitrogens with zero attached hydrogens (tertiary/aromatic N) is 1. The van der Waals surface area contributed by atoms with E-state index >= 15 is 0 Å². The minimum atomic E-state index is -0.324. The zero-order valence-electron chi connectivity index (χ0n) is 11.5. The van der Waals surface area contributed by atoms with Gasteiger partial charge in [-0.25, -0.2) is 0 Å². The second-order valence-corrected chi connectivity index (χ2v) is 5.30. The third-order valence-electron chi connectivity index (χ3n) is 3.94. The molecule has 19 heavy (non-hydrogen) atoms. The number of pyridine rings is 1. The zero-order valence-corrected chi connectivity index (χ0v) is 11.5. The number of hydrogen-bond acceptors (Lipinski definition) is 4. The van der Waals surface area contributed by atoms with Crippen LogP contribution < -0.4 is 5.32 Å². The van der Waals surface area contributed by atoms with E-state index < -0.39 is 0 Å². The van der Waals surface area contributed by atoms with Crippen LogP contribution in [0, 0.1) is 5.41 Å². The number of carbonyl (C=O) groups is 1. The van der Waals surface area contributed by atoms with Crippen LogP contribution in [-0.2, 0) is 16.1 Å². The molecule has 1 N–H and O–H groups in total. The first-order chi connectivity index (χ1) is 9.27. The molecule has 1 saturated carbocycles. The fourth-order valence-electron chi connectivity index (χ4n) is 2.85. The van der Waals surface area contributed by atoms with Crippen LogP contribution in [0.2, 0.25) is 0 Å². The lowest BCUT2D eigenvalue weighted by atomic mass is 9.74. The maximum atomic E-state index is 12.1. The second-order valence-electron chi connectivity index (χ2n) is 5.30. The molecule has 0 bridgehead atoms. The van der Waals surface area contributed by atoms with Crippen molar-refractivity contribution in [3.05, 3.63) is 30.1 Å². The Balaban J connectivity index is 1.91. The smallest absolute Gasteiger partial charge is 0.313 e. The highest BCUT2D eigenvalue weighted by atomic mass is 16.5. The van der Waals surface area contributed by atoms with Gasteiger partial charge in [0.25, 0.3) is 0 Å². The number of aromatic nitrogens is 1. The van der Waals surface area contributed by atoms with Gasteiger partial charge in [-0.3, -0.25) is 9.78 Å². The molecule has 0 amide bonds. The average Bonchev–Trinajstić information content (AvgIpc) is 2.48. The van der Waals surface area contributed by atoms with Crippen molar-refractivity contribution in [1.29, 1.82) is 0 Å². The summed E-state index contributed by atoms with van der Waals surface area (Å²) in [5.41, 5.74) is 0.813. The first-order valence-electron chi connectivity index (χ1n) is 6.95. The van der Waals surface area contributed by atoms with Gasteiger partial charge in [0.2, 0.25) is 0 Å². The molecule has 1 heterocycles. The Bertz CT molecular complexity index is 400. The largest absolute Gasteiger partial charge is 0.469 e. The van der Waals surface area contributed by atoms with Crippen LogP contribution in [0.3, 0.4) is 0 Å². The van der Waals surface area contributed by atoms with Crippen LogP contribution in [0.25, 0.3) is 0 Å². The van der Waals surface area contributed by atoms with E-state index in [1.165, 1.54) is 13.5 Å². The summed E-state index contributed by atoms with van der Waals surface area (Å²) in [6, 6.07) is 3.96. The molecule has 2 rings (SSSR count). The van der Waals surface area contributed by atoms with Gasteiger partial charge in [0.15, 0.2) is 0 Å². The van der Waals surface area contributed by atoms with Crippen LogP contribution in [0.4, 0.5) is 0 Å². The Morgan fingerprint density at radius 3 is 2.84 bits per heavy atom. The van der Waals surface area contributed by atoms with Crippen molar-refractivity contribution in [2.24, 2.45) is 5.41 Å². The summed E-state index contributed by atoms with van der Waals surface area (Å²) in [7, 11) is 1.49. The van der Waals surface area contributed by atoms with Crippen molar-refractivity contribution in [1.82, 2.24) is 10.3 Å². The Morgan fingerprint density at radius 1 is 1.42 bits per heavy atom. The van der Waals surface area contributed by atoms with Crippen LogP contribution in [-0.4, -0.2) is 24.6 Å². The fourth-order valence-corrected chi connectivity index (χ4v) is 2.85. The van der Waals surface area contributed by atoms with Gasteiger partial charge in [-0.05, 0) is 24.5 Å². The minimum absolute atomic E-state index is 0.0640. The van der Waals surface area contributed by atoms with Crippen molar-refractivity contribution < 1.29 is 9.53 Å². The van der Waals surface area contributed by atoms with E-state index in [1.54, 1.807) is 6.20 Å². The normalized spacial score (nSPS) is 17.9. The van der Waals surface area contributed by atoms with Crippen molar-refractivity contribution in [3.8, 4) is 0 Å². The van der Waals surface area contributed by atoms with Gasteiger partial charge in [-0.1, -0.05) is 25.3 Å². The molecule has 1 aromatic rings. The van der Waals surface area contributed by atoms with Gasteiger partial charge in [-0.15, -0.1) is 0 Å². The van der Waals surface area contributed by atoms with Crippen molar-refractivity contribution in [2.75, 3.05) is 13.7 Å². The standard InChI is InChI=1S/C15H22N2O2/c1-19-14(18)15(7-3-2-4-8-15)12-17-11-13-6-5-9-16-10-13/h5-6,9-10,17H,2-4,7-8,11-12H2,1H3. The van der Waals surface area contributed by atoms with E-state index in [4.69, 9.17) is 4.74 Å². The molecule has 1 aliphatic rings. The Labute approximate surface area is 114 Å². The molecule has 0 unspecified atom stereocenters. The van der Waals surface area contributed by atoms with E-state index in [9.17, 15) is 4.79 Å². The van der Waals surface area contributed by atoms with E-state index in [0.29, 0.717) is 6.54 Å². The molecule has 1 aromatic heterocycles. The first-order valence-corrected chi connectivity index (χ1v) is 6.95. The van der Waals surface area contributed by atoms with E-state index in [1.807, 2.05) is 18.3 Å². The molecule has 0 spiro atoms. The Kier molecular flexibility index (Phi) is 4.91. The molecular weight excluding hydrogens is 240 g/mol. The Morgan fingerprint density at radius 2 is 2.21 bits per heavy atom. The number of nitrogens with one attached hydrogen (secondary N) is 1.